The highest BCUT2D eigenvalue weighted by atomic mass is 32.1. The summed E-state index contributed by atoms with van der Waals surface area (Å²) < 4.78 is 2.15. The van der Waals surface area contributed by atoms with Crippen molar-refractivity contribution in [2.24, 2.45) is 0 Å². The van der Waals surface area contributed by atoms with E-state index >= 15 is 0 Å². The van der Waals surface area contributed by atoms with Gasteiger partial charge < -0.3 is 14.5 Å². The number of carboxylic acids is 1. The van der Waals surface area contributed by atoms with Crippen LogP contribution >= 0.6 is 11.3 Å². The summed E-state index contributed by atoms with van der Waals surface area (Å²) in [5.41, 5.74) is 4.43. The van der Waals surface area contributed by atoms with Gasteiger partial charge in [-0.3, -0.25) is 0 Å². The van der Waals surface area contributed by atoms with E-state index in [0.29, 0.717) is 12.3 Å². The van der Waals surface area contributed by atoms with E-state index < -0.39 is 5.97 Å². The number of aromatic nitrogens is 1. The van der Waals surface area contributed by atoms with E-state index in [-0.39, 0.29) is 6.42 Å². The van der Waals surface area contributed by atoms with Gasteiger partial charge in [0, 0.05) is 17.4 Å². The number of aryl methyl sites for hydroxylation is 1. The Kier molecular flexibility index (Phi) is 4.86. The van der Waals surface area contributed by atoms with Gasteiger partial charge in [-0.1, -0.05) is 32.0 Å². The summed E-state index contributed by atoms with van der Waals surface area (Å²) in [5, 5.41) is 12.9. The second-order valence-corrected chi connectivity index (χ2v) is 7.09. The molecule has 1 aromatic carbocycles. The van der Waals surface area contributed by atoms with Crippen molar-refractivity contribution in [3.05, 3.63) is 65.2 Å². The first-order chi connectivity index (χ1) is 11.6. The van der Waals surface area contributed by atoms with Crippen LogP contribution in [0.25, 0.3) is 16.3 Å². The molecule has 4 heteroatoms. The Morgan fingerprint density at radius 1 is 1.12 bits per heavy atom. The first-order valence-corrected chi connectivity index (χ1v) is 8.99. The van der Waals surface area contributed by atoms with Crippen molar-refractivity contribution in [3.63, 3.8) is 0 Å². The summed E-state index contributed by atoms with van der Waals surface area (Å²) in [5.74, 6) is -0.534. The van der Waals surface area contributed by atoms with E-state index in [1.54, 1.807) is 11.3 Å². The Bertz CT molecular complexity index is 814. The van der Waals surface area contributed by atoms with Crippen LogP contribution in [0.1, 0.15) is 37.4 Å². The minimum Gasteiger partial charge on any atom is -0.550 e. The predicted molar refractivity (Wildman–Crippen MR) is 96.5 cm³/mol. The molecule has 0 unspecified atom stereocenters. The number of nitrogens with zero attached hydrogens (tertiary/aromatic N) is 1. The fourth-order valence-corrected chi connectivity index (χ4v) is 3.57. The highest BCUT2D eigenvalue weighted by Crippen LogP contribution is 2.31. The first-order valence-electron chi connectivity index (χ1n) is 8.11. The number of hydrogen-bond acceptors (Lipinski definition) is 3. The zero-order valence-electron chi connectivity index (χ0n) is 13.9. The average Bonchev–Trinajstić information content (AvgIpc) is 3.22. The molecule has 0 aliphatic carbocycles. The van der Waals surface area contributed by atoms with Crippen LogP contribution < -0.4 is 5.11 Å². The lowest BCUT2D eigenvalue weighted by atomic mass is 10.0. The molecule has 0 aliphatic heterocycles. The number of carboxylic acid groups (broad SMARTS) is 1. The highest BCUT2D eigenvalue weighted by molar-refractivity contribution is 7.13. The van der Waals surface area contributed by atoms with Crippen molar-refractivity contribution in [3.8, 4) is 16.3 Å². The van der Waals surface area contributed by atoms with E-state index in [1.807, 2.05) is 12.1 Å². The molecular formula is C20H20NO2S-. The molecule has 24 heavy (non-hydrogen) atoms. The average molecular weight is 338 g/mol. The molecule has 3 rings (SSSR count). The van der Waals surface area contributed by atoms with Crippen LogP contribution in [0.15, 0.2) is 53.9 Å². The maximum Gasteiger partial charge on any atom is 0.0631 e. The molecule has 0 saturated carbocycles. The monoisotopic (exact) mass is 338 g/mol. The van der Waals surface area contributed by atoms with Crippen molar-refractivity contribution in [2.45, 2.75) is 32.6 Å². The summed E-state index contributed by atoms with van der Waals surface area (Å²) in [6, 6.07) is 16.7. The van der Waals surface area contributed by atoms with Crippen molar-refractivity contribution in [1.82, 2.24) is 4.57 Å². The third-order valence-electron chi connectivity index (χ3n) is 4.14. The van der Waals surface area contributed by atoms with Gasteiger partial charge >= 0.3 is 0 Å². The van der Waals surface area contributed by atoms with E-state index in [1.165, 1.54) is 10.4 Å². The third kappa shape index (κ3) is 3.44. The second-order valence-electron chi connectivity index (χ2n) is 6.14. The van der Waals surface area contributed by atoms with Crippen LogP contribution in [0.3, 0.4) is 0 Å². The molecule has 0 spiro atoms. The van der Waals surface area contributed by atoms with Crippen LogP contribution in [0, 0.1) is 0 Å². The minimum atomic E-state index is -1.02. The van der Waals surface area contributed by atoms with E-state index in [4.69, 9.17) is 0 Å². The van der Waals surface area contributed by atoms with Crippen molar-refractivity contribution in [1.29, 1.82) is 0 Å². The number of carbonyl (C=O) groups excluding carboxylic acids is 1. The molecule has 0 fully saturated rings. The first kappa shape index (κ1) is 16.5. The van der Waals surface area contributed by atoms with Crippen molar-refractivity contribution < 1.29 is 9.90 Å². The lowest BCUT2D eigenvalue weighted by Crippen LogP contribution is -2.22. The molecule has 3 nitrogen and oxygen atoms in total. The maximum absolute atomic E-state index is 10.9. The largest absolute Gasteiger partial charge is 0.550 e. The Balaban J connectivity index is 2.05. The lowest BCUT2D eigenvalue weighted by Gasteiger charge is -2.15. The van der Waals surface area contributed by atoms with Crippen LogP contribution in [-0.4, -0.2) is 10.5 Å². The highest BCUT2D eigenvalue weighted by Gasteiger charge is 2.13. The van der Waals surface area contributed by atoms with Gasteiger partial charge in [0.05, 0.1) is 10.6 Å². The van der Waals surface area contributed by atoms with Crippen molar-refractivity contribution >= 4 is 17.3 Å². The smallest absolute Gasteiger partial charge is 0.0631 e. The van der Waals surface area contributed by atoms with Gasteiger partial charge in [-0.25, -0.2) is 0 Å². The van der Waals surface area contributed by atoms with Gasteiger partial charge in [-0.05, 0) is 60.0 Å². The molecule has 2 heterocycles. The molecule has 124 valence electrons. The Morgan fingerprint density at radius 2 is 1.88 bits per heavy atom. The SMILES string of the molecule is CC(C)c1ccc(-n2c(CCC(=O)[O-])ccc2-c2cccs2)cc1. The fourth-order valence-electron chi connectivity index (χ4n) is 2.83. The zero-order chi connectivity index (χ0) is 17.1. The van der Waals surface area contributed by atoms with Crippen LogP contribution in [-0.2, 0) is 11.2 Å². The molecule has 0 radical (unpaired) electrons. The van der Waals surface area contributed by atoms with Crippen LogP contribution in [0.4, 0.5) is 0 Å². The topological polar surface area (TPSA) is 45.1 Å². The number of hydrogen-bond donors (Lipinski definition) is 0. The lowest BCUT2D eigenvalue weighted by molar-refractivity contribution is -0.305. The van der Waals surface area contributed by atoms with Gasteiger partial charge in [0.25, 0.3) is 0 Å². The summed E-state index contributed by atoms with van der Waals surface area (Å²) in [6.07, 6.45) is 0.484. The molecule has 2 aromatic heterocycles. The molecule has 0 saturated heterocycles. The Hall–Kier alpha value is -2.33. The molecular weight excluding hydrogens is 318 g/mol. The van der Waals surface area contributed by atoms with E-state index in [9.17, 15) is 9.90 Å². The number of carbonyl (C=O) groups is 1. The van der Waals surface area contributed by atoms with E-state index in [0.717, 1.165) is 17.1 Å². The molecule has 0 N–H and O–H groups in total. The molecule has 0 aliphatic rings. The zero-order valence-corrected chi connectivity index (χ0v) is 14.7. The van der Waals surface area contributed by atoms with Gasteiger partial charge in [0.2, 0.25) is 0 Å². The number of benzene rings is 1. The van der Waals surface area contributed by atoms with Crippen LogP contribution in [0.5, 0.6) is 0 Å². The summed E-state index contributed by atoms with van der Waals surface area (Å²) >= 11 is 1.68. The number of thiophene rings is 1. The predicted octanol–water partition coefficient (Wildman–Crippen LogP) is 4.01. The normalized spacial score (nSPS) is 11.1. The second kappa shape index (κ2) is 7.05. The summed E-state index contributed by atoms with van der Waals surface area (Å²) in [4.78, 5) is 12.0. The Labute approximate surface area is 146 Å². The van der Waals surface area contributed by atoms with Gasteiger partial charge in [-0.15, -0.1) is 11.3 Å². The quantitative estimate of drug-likeness (QED) is 0.681. The summed E-state index contributed by atoms with van der Waals surface area (Å²) in [6.45, 7) is 4.35. The molecule has 0 atom stereocenters. The third-order valence-corrected chi connectivity index (χ3v) is 5.03. The maximum atomic E-state index is 10.9. The standard InChI is InChI=1S/C20H21NO2S/c1-14(2)15-5-7-16(8-6-15)21-17(10-12-20(22)23)9-11-18(21)19-4-3-13-24-19/h3-9,11,13-14H,10,12H2,1-2H3,(H,22,23)/p-1. The summed E-state index contributed by atoms with van der Waals surface area (Å²) in [7, 11) is 0. The number of aliphatic carboxylic acids is 1. The molecule has 3 aromatic rings. The van der Waals surface area contributed by atoms with E-state index in [2.05, 4.69) is 60.2 Å². The number of rotatable bonds is 6. The minimum absolute atomic E-state index is 0.0258. The van der Waals surface area contributed by atoms with Gasteiger partial charge in [-0.2, -0.15) is 0 Å². The Morgan fingerprint density at radius 3 is 2.46 bits per heavy atom. The van der Waals surface area contributed by atoms with Crippen molar-refractivity contribution in [2.75, 3.05) is 0 Å². The van der Waals surface area contributed by atoms with Crippen LogP contribution in [0.2, 0.25) is 0 Å². The van der Waals surface area contributed by atoms with Gasteiger partial charge in [0.1, 0.15) is 0 Å². The molecule has 0 amide bonds. The van der Waals surface area contributed by atoms with Gasteiger partial charge in [0.15, 0.2) is 0 Å². The fraction of sp³-hybridized carbons (Fsp3) is 0.250. The molecule has 0 bridgehead atoms.